The van der Waals surface area contributed by atoms with Crippen molar-refractivity contribution in [2.45, 2.75) is 25.9 Å². The lowest BCUT2D eigenvalue weighted by atomic mass is 9.96. The maximum atomic E-state index is 12.8. The SMILES string of the molecule is CCN(CC(F)(F)F)C(=O)C1CCCN(c2cc(-c3c(N)nn4cccnc34)ncn2)C1. The van der Waals surface area contributed by atoms with Gasteiger partial charge in [0.1, 0.15) is 18.7 Å². The molecule has 4 heterocycles. The summed E-state index contributed by atoms with van der Waals surface area (Å²) < 4.78 is 40.1. The molecule has 2 N–H and O–H groups in total. The molecule has 0 bridgehead atoms. The molecular formula is C20H23F3N8O. The van der Waals surface area contributed by atoms with Crippen LogP contribution in [0.1, 0.15) is 19.8 Å². The number of piperidine rings is 1. The second-order valence-electron chi connectivity index (χ2n) is 7.66. The molecule has 12 heteroatoms. The molecule has 170 valence electrons. The molecule has 0 radical (unpaired) electrons. The fraction of sp³-hybridized carbons (Fsp3) is 0.450. The van der Waals surface area contributed by atoms with Gasteiger partial charge in [-0.15, -0.1) is 5.10 Å². The number of hydrogen-bond acceptors (Lipinski definition) is 7. The molecule has 1 unspecified atom stereocenters. The number of rotatable bonds is 5. The van der Waals surface area contributed by atoms with Crippen LogP contribution in [0.2, 0.25) is 0 Å². The van der Waals surface area contributed by atoms with Gasteiger partial charge in [-0.25, -0.2) is 19.5 Å². The van der Waals surface area contributed by atoms with E-state index in [0.29, 0.717) is 42.1 Å². The third-order valence-corrected chi connectivity index (χ3v) is 5.49. The highest BCUT2D eigenvalue weighted by Gasteiger charge is 2.36. The number of aromatic nitrogens is 5. The van der Waals surface area contributed by atoms with E-state index >= 15 is 0 Å². The molecule has 1 amide bonds. The van der Waals surface area contributed by atoms with E-state index in [1.165, 1.54) is 6.33 Å². The van der Waals surface area contributed by atoms with E-state index in [1.807, 2.05) is 4.90 Å². The maximum absolute atomic E-state index is 12.8. The molecule has 9 nitrogen and oxygen atoms in total. The third-order valence-electron chi connectivity index (χ3n) is 5.49. The van der Waals surface area contributed by atoms with Gasteiger partial charge in [-0.2, -0.15) is 13.2 Å². The second kappa shape index (κ2) is 8.60. The van der Waals surface area contributed by atoms with Crippen molar-refractivity contribution < 1.29 is 18.0 Å². The minimum absolute atomic E-state index is 0.00745. The summed E-state index contributed by atoms with van der Waals surface area (Å²) in [6.45, 7) is 1.24. The summed E-state index contributed by atoms with van der Waals surface area (Å²) >= 11 is 0. The number of carbonyl (C=O) groups is 1. The number of amides is 1. The topological polar surface area (TPSA) is 106 Å². The Balaban J connectivity index is 1.57. The molecule has 0 aliphatic carbocycles. The summed E-state index contributed by atoms with van der Waals surface area (Å²) in [5, 5.41) is 4.24. The van der Waals surface area contributed by atoms with Crippen LogP contribution >= 0.6 is 0 Å². The van der Waals surface area contributed by atoms with Gasteiger partial charge in [0.15, 0.2) is 11.5 Å². The number of anilines is 2. The van der Waals surface area contributed by atoms with E-state index in [4.69, 9.17) is 5.73 Å². The van der Waals surface area contributed by atoms with Gasteiger partial charge in [0.2, 0.25) is 5.91 Å². The van der Waals surface area contributed by atoms with E-state index < -0.39 is 24.5 Å². The molecule has 1 aliphatic heterocycles. The fourth-order valence-electron chi connectivity index (χ4n) is 4.01. The van der Waals surface area contributed by atoms with E-state index in [1.54, 1.807) is 36.0 Å². The molecule has 32 heavy (non-hydrogen) atoms. The quantitative estimate of drug-likeness (QED) is 0.639. The van der Waals surface area contributed by atoms with Crippen LogP contribution < -0.4 is 10.6 Å². The summed E-state index contributed by atoms with van der Waals surface area (Å²) in [6, 6.07) is 3.47. The first kappa shape index (κ1) is 21.8. The van der Waals surface area contributed by atoms with Crippen LogP contribution in [0.25, 0.3) is 16.9 Å². The summed E-state index contributed by atoms with van der Waals surface area (Å²) in [6.07, 6.45) is 1.52. The van der Waals surface area contributed by atoms with Crippen LogP contribution in [0.15, 0.2) is 30.9 Å². The van der Waals surface area contributed by atoms with Crippen LogP contribution in [-0.2, 0) is 4.79 Å². The molecule has 1 atom stereocenters. The zero-order valence-electron chi connectivity index (χ0n) is 17.5. The van der Waals surface area contributed by atoms with Gasteiger partial charge >= 0.3 is 6.18 Å². The highest BCUT2D eigenvalue weighted by molar-refractivity contribution is 5.85. The fourth-order valence-corrected chi connectivity index (χ4v) is 4.01. The van der Waals surface area contributed by atoms with Gasteiger partial charge in [0, 0.05) is 38.1 Å². The number of carbonyl (C=O) groups excluding carboxylic acids is 1. The molecule has 0 aromatic carbocycles. The van der Waals surface area contributed by atoms with Crippen LogP contribution in [0.5, 0.6) is 0 Å². The predicted octanol–water partition coefficient (Wildman–Crippen LogP) is 2.40. The molecule has 0 spiro atoms. The second-order valence-corrected chi connectivity index (χ2v) is 7.66. The lowest BCUT2D eigenvalue weighted by Gasteiger charge is -2.35. The zero-order chi connectivity index (χ0) is 22.9. The summed E-state index contributed by atoms with van der Waals surface area (Å²) in [4.78, 5) is 28.5. The van der Waals surface area contributed by atoms with Crippen LogP contribution in [0.3, 0.4) is 0 Å². The van der Waals surface area contributed by atoms with Crippen molar-refractivity contribution in [3.63, 3.8) is 0 Å². The zero-order valence-corrected chi connectivity index (χ0v) is 17.5. The van der Waals surface area contributed by atoms with Gasteiger partial charge in [0.05, 0.1) is 17.2 Å². The Kier molecular flexibility index (Phi) is 5.85. The van der Waals surface area contributed by atoms with E-state index in [-0.39, 0.29) is 18.9 Å². The number of fused-ring (bicyclic) bond motifs is 1. The molecule has 1 aliphatic rings. The average Bonchev–Trinajstić information content (AvgIpc) is 3.12. The first-order valence-corrected chi connectivity index (χ1v) is 10.3. The van der Waals surface area contributed by atoms with Gasteiger partial charge in [0.25, 0.3) is 0 Å². The minimum atomic E-state index is -4.43. The average molecular weight is 448 g/mol. The number of nitrogen functional groups attached to an aromatic ring is 1. The van der Waals surface area contributed by atoms with Gasteiger partial charge in [-0.1, -0.05) is 0 Å². The lowest BCUT2D eigenvalue weighted by Crippen LogP contribution is -2.47. The molecule has 1 saturated heterocycles. The number of halogens is 3. The number of hydrogen-bond donors (Lipinski definition) is 1. The molecule has 4 rings (SSSR count). The summed E-state index contributed by atoms with van der Waals surface area (Å²) in [5.74, 6) is -0.181. The smallest absolute Gasteiger partial charge is 0.382 e. The molecule has 1 fully saturated rings. The Labute approximate surface area is 182 Å². The van der Waals surface area contributed by atoms with Crippen LogP contribution in [0, 0.1) is 5.92 Å². The highest BCUT2D eigenvalue weighted by atomic mass is 19.4. The molecule has 3 aromatic rings. The highest BCUT2D eigenvalue weighted by Crippen LogP contribution is 2.31. The van der Waals surface area contributed by atoms with Gasteiger partial charge in [-0.05, 0) is 25.8 Å². The van der Waals surface area contributed by atoms with Crippen molar-refractivity contribution in [1.82, 2.24) is 29.5 Å². The third kappa shape index (κ3) is 4.43. The molecule has 0 saturated carbocycles. The van der Waals surface area contributed by atoms with E-state index in [9.17, 15) is 18.0 Å². The Bertz CT molecular complexity index is 1120. The number of nitrogens with zero attached hydrogens (tertiary/aromatic N) is 7. The lowest BCUT2D eigenvalue weighted by molar-refractivity contribution is -0.163. The largest absolute Gasteiger partial charge is 0.406 e. The monoisotopic (exact) mass is 448 g/mol. The summed E-state index contributed by atoms with van der Waals surface area (Å²) in [5.41, 5.74) is 7.74. The standard InChI is InChI=1S/C20H23F3N8O/c1-2-29(11-20(21,22)23)19(32)13-5-3-7-30(10-13)15-9-14(26-12-27-15)16-17(24)28-31-8-4-6-25-18(16)31/h4,6,8-9,12-13H,2-3,5,7,10-11H2,1H3,(H2,24,28). The van der Waals surface area contributed by atoms with Crippen molar-refractivity contribution in [3.05, 3.63) is 30.9 Å². The molecular weight excluding hydrogens is 425 g/mol. The van der Waals surface area contributed by atoms with E-state index in [0.717, 1.165) is 4.90 Å². The number of alkyl halides is 3. The van der Waals surface area contributed by atoms with Crippen molar-refractivity contribution in [3.8, 4) is 11.3 Å². The predicted molar refractivity (Wildman–Crippen MR) is 112 cm³/mol. The first-order valence-electron chi connectivity index (χ1n) is 10.3. The van der Waals surface area contributed by atoms with Crippen molar-refractivity contribution in [2.75, 3.05) is 36.8 Å². The van der Waals surface area contributed by atoms with Crippen molar-refractivity contribution in [1.29, 1.82) is 0 Å². The first-order chi connectivity index (χ1) is 15.3. The molecule has 3 aromatic heterocycles. The van der Waals surface area contributed by atoms with Crippen molar-refractivity contribution >= 4 is 23.2 Å². The maximum Gasteiger partial charge on any atom is 0.406 e. The van der Waals surface area contributed by atoms with Crippen LogP contribution in [0.4, 0.5) is 24.8 Å². The number of nitrogens with two attached hydrogens (primary N) is 1. The Morgan fingerprint density at radius 3 is 2.88 bits per heavy atom. The van der Waals surface area contributed by atoms with Crippen LogP contribution in [-0.4, -0.2) is 67.7 Å². The van der Waals surface area contributed by atoms with Gasteiger partial charge < -0.3 is 15.5 Å². The van der Waals surface area contributed by atoms with Gasteiger partial charge in [-0.3, -0.25) is 4.79 Å². The van der Waals surface area contributed by atoms with E-state index in [2.05, 4.69) is 20.1 Å². The Hall–Kier alpha value is -3.44. The Morgan fingerprint density at radius 1 is 1.31 bits per heavy atom. The minimum Gasteiger partial charge on any atom is -0.382 e. The normalized spacial score (nSPS) is 17.0. The Morgan fingerprint density at radius 2 is 2.12 bits per heavy atom. The summed E-state index contributed by atoms with van der Waals surface area (Å²) in [7, 11) is 0. The van der Waals surface area contributed by atoms with Crippen molar-refractivity contribution in [2.24, 2.45) is 5.92 Å².